The van der Waals surface area contributed by atoms with Gasteiger partial charge in [-0.1, -0.05) is 12.1 Å². The molecular weight excluding hydrogens is 548 g/mol. The standard InChI is InChI=1S/C27H32O14/c1-10-20(31)22(33)24(35)26(38-10)37-9-18-21(32)23(34)25(36)27(41-18)39-13-6-14(29)19-15(30)8-16(40-17(19)7-13)11-2-4-12(28)5-3-11/h2-7,10,16,18,20-29,31-36H,8-9H2,1H3/t10?,16?,18?,20-,21+,22?,23?,24?,25?,26-,27+/m0/s1. The predicted octanol–water partition coefficient (Wildman–Crippen LogP) is -1.17. The van der Waals surface area contributed by atoms with Crippen molar-refractivity contribution in [2.24, 2.45) is 0 Å². The highest BCUT2D eigenvalue weighted by Gasteiger charge is 2.47. The molecule has 7 unspecified atom stereocenters. The first-order valence-corrected chi connectivity index (χ1v) is 13.0. The first-order chi connectivity index (χ1) is 19.4. The maximum absolute atomic E-state index is 12.8. The Hall–Kier alpha value is -3.05. The lowest BCUT2D eigenvalue weighted by Gasteiger charge is -2.42. The number of hydrogen-bond acceptors (Lipinski definition) is 14. The number of hydrogen-bond donors (Lipinski definition) is 8. The lowest BCUT2D eigenvalue weighted by atomic mass is 9.95. The van der Waals surface area contributed by atoms with Crippen LogP contribution in [0.1, 0.15) is 35.4 Å². The number of carbonyl (C=O) groups excluding carboxylic acids is 1. The minimum atomic E-state index is -1.76. The van der Waals surface area contributed by atoms with Crippen LogP contribution in [0.4, 0.5) is 0 Å². The number of phenolic OH excluding ortho intramolecular Hbond substituents is 2. The molecule has 2 aromatic rings. The third kappa shape index (κ3) is 5.83. The number of ketones is 1. The van der Waals surface area contributed by atoms with Crippen molar-refractivity contribution in [2.75, 3.05) is 6.61 Å². The Morgan fingerprint density at radius 2 is 1.49 bits per heavy atom. The van der Waals surface area contributed by atoms with Gasteiger partial charge in [-0.2, -0.15) is 0 Å². The molecule has 2 aromatic carbocycles. The van der Waals surface area contributed by atoms with Gasteiger partial charge in [-0.3, -0.25) is 4.79 Å². The van der Waals surface area contributed by atoms with Crippen LogP contribution in [-0.4, -0.2) is 115 Å². The summed E-state index contributed by atoms with van der Waals surface area (Å²) >= 11 is 0. The number of rotatable bonds is 6. The third-order valence-corrected chi connectivity index (χ3v) is 7.39. The van der Waals surface area contributed by atoms with Crippen LogP contribution in [0.15, 0.2) is 36.4 Å². The van der Waals surface area contributed by atoms with E-state index in [1.807, 2.05) is 0 Å². The summed E-state index contributed by atoms with van der Waals surface area (Å²) in [5.74, 6) is -0.893. The van der Waals surface area contributed by atoms with Crippen molar-refractivity contribution < 1.29 is 69.3 Å². The van der Waals surface area contributed by atoms with E-state index < -0.39 is 85.7 Å². The van der Waals surface area contributed by atoms with E-state index in [4.69, 9.17) is 23.7 Å². The molecule has 224 valence electrons. The normalized spacial score (nSPS) is 37.2. The van der Waals surface area contributed by atoms with Crippen molar-refractivity contribution >= 4 is 5.78 Å². The Morgan fingerprint density at radius 3 is 2.20 bits per heavy atom. The van der Waals surface area contributed by atoms with E-state index in [9.17, 15) is 45.6 Å². The lowest BCUT2D eigenvalue weighted by Crippen LogP contribution is -2.61. The van der Waals surface area contributed by atoms with Crippen molar-refractivity contribution in [2.45, 2.75) is 80.9 Å². The first kappa shape index (κ1) is 29.4. The molecule has 14 nitrogen and oxygen atoms in total. The van der Waals surface area contributed by atoms with Crippen LogP contribution in [0, 0.1) is 0 Å². The number of aromatic hydroxyl groups is 2. The molecule has 3 heterocycles. The highest BCUT2D eigenvalue weighted by Crippen LogP contribution is 2.42. The maximum atomic E-state index is 12.8. The largest absolute Gasteiger partial charge is 0.508 e. The Labute approximate surface area is 233 Å². The van der Waals surface area contributed by atoms with Crippen LogP contribution in [0.3, 0.4) is 0 Å². The number of aliphatic hydroxyl groups excluding tert-OH is 6. The highest BCUT2D eigenvalue weighted by molar-refractivity contribution is 6.02. The molecule has 0 amide bonds. The molecule has 2 saturated heterocycles. The van der Waals surface area contributed by atoms with Crippen molar-refractivity contribution in [3.8, 4) is 23.0 Å². The van der Waals surface area contributed by atoms with E-state index in [1.165, 1.54) is 25.1 Å². The molecule has 0 aromatic heterocycles. The van der Waals surface area contributed by atoms with Crippen LogP contribution in [0.2, 0.25) is 0 Å². The fourth-order valence-corrected chi connectivity index (χ4v) is 4.98. The van der Waals surface area contributed by atoms with E-state index >= 15 is 0 Å². The average Bonchev–Trinajstić information content (AvgIpc) is 2.94. The molecule has 14 heteroatoms. The van der Waals surface area contributed by atoms with Crippen molar-refractivity contribution in [3.05, 3.63) is 47.5 Å². The van der Waals surface area contributed by atoms with Crippen LogP contribution < -0.4 is 9.47 Å². The second-order valence-corrected chi connectivity index (χ2v) is 10.3. The number of aliphatic hydroxyl groups is 6. The molecule has 11 atom stereocenters. The van der Waals surface area contributed by atoms with Gasteiger partial charge in [0.15, 0.2) is 12.1 Å². The summed E-state index contributed by atoms with van der Waals surface area (Å²) in [6.45, 7) is 0.980. The van der Waals surface area contributed by atoms with E-state index in [-0.39, 0.29) is 29.2 Å². The molecule has 0 bridgehead atoms. The summed E-state index contributed by atoms with van der Waals surface area (Å²) in [7, 11) is 0. The van der Waals surface area contributed by atoms with Gasteiger partial charge in [0.1, 0.15) is 77.4 Å². The van der Waals surface area contributed by atoms with Crippen LogP contribution in [0.5, 0.6) is 23.0 Å². The highest BCUT2D eigenvalue weighted by atomic mass is 16.7. The minimum absolute atomic E-state index is 0.00149. The summed E-state index contributed by atoms with van der Waals surface area (Å²) in [4.78, 5) is 12.8. The molecule has 5 rings (SSSR count). The molecule has 0 radical (unpaired) electrons. The van der Waals surface area contributed by atoms with Gasteiger partial charge in [-0.15, -0.1) is 0 Å². The van der Waals surface area contributed by atoms with Gasteiger partial charge in [0.25, 0.3) is 0 Å². The van der Waals surface area contributed by atoms with E-state index in [0.29, 0.717) is 5.56 Å². The predicted molar refractivity (Wildman–Crippen MR) is 134 cm³/mol. The first-order valence-electron chi connectivity index (χ1n) is 13.0. The summed E-state index contributed by atoms with van der Waals surface area (Å²) in [5, 5.41) is 81.5. The Kier molecular flexibility index (Phi) is 8.39. The van der Waals surface area contributed by atoms with Crippen molar-refractivity contribution in [3.63, 3.8) is 0 Å². The number of fused-ring (bicyclic) bond motifs is 1. The Bertz CT molecular complexity index is 1240. The molecule has 8 N–H and O–H groups in total. The van der Waals surface area contributed by atoms with E-state index in [2.05, 4.69) is 0 Å². The van der Waals surface area contributed by atoms with Gasteiger partial charge in [-0.05, 0) is 24.6 Å². The zero-order valence-corrected chi connectivity index (χ0v) is 21.8. The molecule has 0 saturated carbocycles. The minimum Gasteiger partial charge on any atom is -0.508 e. The molecule has 41 heavy (non-hydrogen) atoms. The summed E-state index contributed by atoms with van der Waals surface area (Å²) in [6, 6.07) is 8.51. The molecule has 3 aliphatic rings. The van der Waals surface area contributed by atoms with Gasteiger partial charge < -0.3 is 64.5 Å². The zero-order valence-electron chi connectivity index (χ0n) is 21.8. The van der Waals surface area contributed by atoms with Gasteiger partial charge >= 0.3 is 0 Å². The summed E-state index contributed by atoms with van der Waals surface area (Å²) in [5.41, 5.74) is 0.550. The van der Waals surface area contributed by atoms with E-state index in [0.717, 1.165) is 6.07 Å². The van der Waals surface area contributed by atoms with Crippen LogP contribution >= 0.6 is 0 Å². The SMILES string of the molecule is CC1O[C@H](OCC2O[C@@H](Oc3cc(O)c4c(c3)OC(c3ccc(O)cc3)CC4=O)C(O)C(O)[C@@H]2O)C(O)C(O)[C@H]1O. The topological polar surface area (TPSA) is 225 Å². The van der Waals surface area contributed by atoms with E-state index in [1.54, 1.807) is 12.1 Å². The summed E-state index contributed by atoms with van der Waals surface area (Å²) in [6.07, 6.45) is -15.6. The van der Waals surface area contributed by atoms with Gasteiger partial charge in [0, 0.05) is 12.1 Å². The van der Waals surface area contributed by atoms with Gasteiger partial charge in [0.05, 0.1) is 19.1 Å². The quantitative estimate of drug-likeness (QED) is 0.202. The van der Waals surface area contributed by atoms with Crippen LogP contribution in [-0.2, 0) is 14.2 Å². The fraction of sp³-hybridized carbons (Fsp3) is 0.519. The van der Waals surface area contributed by atoms with Gasteiger partial charge in [0.2, 0.25) is 6.29 Å². The molecular formula is C27H32O14. The third-order valence-electron chi connectivity index (χ3n) is 7.39. The number of benzene rings is 2. The second-order valence-electron chi connectivity index (χ2n) is 10.3. The lowest BCUT2D eigenvalue weighted by molar-refractivity contribution is -0.318. The van der Waals surface area contributed by atoms with Crippen molar-refractivity contribution in [1.82, 2.24) is 0 Å². The monoisotopic (exact) mass is 580 g/mol. The summed E-state index contributed by atoms with van der Waals surface area (Å²) < 4.78 is 28.0. The number of carbonyl (C=O) groups is 1. The Morgan fingerprint density at radius 1 is 0.829 bits per heavy atom. The maximum Gasteiger partial charge on any atom is 0.229 e. The second kappa shape index (κ2) is 11.7. The number of ether oxygens (including phenoxy) is 5. The fourth-order valence-electron chi connectivity index (χ4n) is 4.98. The zero-order chi connectivity index (χ0) is 29.6. The average molecular weight is 581 g/mol. The number of Topliss-reactive ketones (excluding diaryl/α,β-unsaturated/α-hetero) is 1. The molecule has 0 aliphatic carbocycles. The smallest absolute Gasteiger partial charge is 0.229 e. The number of phenols is 2. The van der Waals surface area contributed by atoms with Gasteiger partial charge in [-0.25, -0.2) is 0 Å². The molecule has 2 fully saturated rings. The Balaban J connectivity index is 1.30. The molecule has 0 spiro atoms. The van der Waals surface area contributed by atoms with Crippen molar-refractivity contribution in [1.29, 1.82) is 0 Å². The van der Waals surface area contributed by atoms with Crippen LogP contribution in [0.25, 0.3) is 0 Å². The molecule has 3 aliphatic heterocycles.